The summed E-state index contributed by atoms with van der Waals surface area (Å²) in [7, 11) is -3.35. The van der Waals surface area contributed by atoms with Crippen LogP contribution in [-0.4, -0.2) is 18.7 Å². The van der Waals surface area contributed by atoms with E-state index in [1.807, 2.05) is 30.5 Å². The van der Waals surface area contributed by atoms with Crippen LogP contribution in [0.2, 0.25) is 0 Å². The lowest BCUT2D eigenvalue weighted by molar-refractivity contribution is 0.588. The molecule has 0 aromatic carbocycles. The number of aromatic nitrogens is 1. The first-order valence-corrected chi connectivity index (χ1v) is 5.75. The summed E-state index contributed by atoms with van der Waals surface area (Å²) in [6, 6.07) is 3.91. The molecule has 13 heavy (non-hydrogen) atoms. The Morgan fingerprint density at radius 2 is 1.77 bits per heavy atom. The first kappa shape index (κ1) is 10.3. The molecular formula is C8H14N2O2S. The SMILES string of the molecule is Cc1ccc(C)n1CCS(N)(=O)=O. The quantitative estimate of drug-likeness (QED) is 0.770. The van der Waals surface area contributed by atoms with Gasteiger partial charge in [-0.1, -0.05) is 0 Å². The Labute approximate surface area is 78.4 Å². The third-order valence-corrected chi connectivity index (χ3v) is 2.77. The van der Waals surface area contributed by atoms with E-state index in [4.69, 9.17) is 5.14 Å². The van der Waals surface area contributed by atoms with Gasteiger partial charge >= 0.3 is 0 Å². The highest BCUT2D eigenvalue weighted by molar-refractivity contribution is 7.89. The smallest absolute Gasteiger partial charge is 0.210 e. The summed E-state index contributed by atoms with van der Waals surface area (Å²) in [5.41, 5.74) is 2.11. The third kappa shape index (κ3) is 2.86. The molecule has 0 bridgehead atoms. The second-order valence-corrected chi connectivity index (χ2v) is 4.87. The van der Waals surface area contributed by atoms with E-state index in [1.165, 1.54) is 0 Å². The second-order valence-electron chi connectivity index (χ2n) is 3.13. The molecule has 4 nitrogen and oxygen atoms in total. The van der Waals surface area contributed by atoms with Gasteiger partial charge in [0.15, 0.2) is 0 Å². The molecule has 74 valence electrons. The summed E-state index contributed by atoms with van der Waals surface area (Å²) < 4.78 is 23.4. The Kier molecular flexibility index (Phi) is 2.77. The van der Waals surface area contributed by atoms with Crippen molar-refractivity contribution in [3.8, 4) is 0 Å². The molecule has 0 atom stereocenters. The van der Waals surface area contributed by atoms with Gasteiger partial charge in [-0.3, -0.25) is 0 Å². The van der Waals surface area contributed by atoms with Crippen LogP contribution in [0, 0.1) is 13.8 Å². The van der Waals surface area contributed by atoms with Crippen LogP contribution in [0.5, 0.6) is 0 Å². The molecule has 0 unspecified atom stereocenters. The maximum Gasteiger partial charge on any atom is 0.210 e. The minimum absolute atomic E-state index is 0.0106. The van der Waals surface area contributed by atoms with Crippen LogP contribution < -0.4 is 5.14 Å². The number of hydrogen-bond donors (Lipinski definition) is 1. The van der Waals surface area contributed by atoms with Crippen LogP contribution in [-0.2, 0) is 16.6 Å². The van der Waals surface area contributed by atoms with Gasteiger partial charge in [0.25, 0.3) is 0 Å². The summed E-state index contributed by atoms with van der Waals surface area (Å²) in [6.07, 6.45) is 0. The van der Waals surface area contributed by atoms with Crippen LogP contribution in [0.25, 0.3) is 0 Å². The molecule has 0 aliphatic rings. The van der Waals surface area contributed by atoms with Crippen molar-refractivity contribution in [2.24, 2.45) is 5.14 Å². The minimum Gasteiger partial charge on any atom is -0.348 e. The molecule has 0 amide bonds. The van der Waals surface area contributed by atoms with Gasteiger partial charge in [-0.15, -0.1) is 0 Å². The van der Waals surface area contributed by atoms with Crippen LogP contribution in [0.3, 0.4) is 0 Å². The highest BCUT2D eigenvalue weighted by Gasteiger charge is 2.05. The highest BCUT2D eigenvalue weighted by Crippen LogP contribution is 2.06. The molecule has 1 heterocycles. The molecule has 2 N–H and O–H groups in total. The predicted octanol–water partition coefficient (Wildman–Crippen LogP) is 0.393. The summed E-state index contributed by atoms with van der Waals surface area (Å²) in [6.45, 7) is 4.32. The standard InChI is InChI=1S/C8H14N2O2S/c1-7-3-4-8(2)10(7)5-6-13(9,11)12/h3-4H,5-6H2,1-2H3,(H2,9,11,12). The summed E-state index contributed by atoms with van der Waals surface area (Å²) in [5, 5.41) is 4.91. The first-order valence-electron chi connectivity index (χ1n) is 4.03. The molecule has 5 heteroatoms. The van der Waals surface area contributed by atoms with Crippen molar-refractivity contribution in [3.05, 3.63) is 23.5 Å². The Hall–Kier alpha value is -0.810. The lowest BCUT2D eigenvalue weighted by atomic mass is 10.5. The van der Waals surface area contributed by atoms with Crippen molar-refractivity contribution in [2.75, 3.05) is 5.75 Å². The van der Waals surface area contributed by atoms with E-state index in [0.29, 0.717) is 6.54 Å². The van der Waals surface area contributed by atoms with Crippen LogP contribution in [0.15, 0.2) is 12.1 Å². The Morgan fingerprint density at radius 1 is 1.31 bits per heavy atom. The van der Waals surface area contributed by atoms with Gasteiger partial charge in [-0.25, -0.2) is 13.6 Å². The fourth-order valence-corrected chi connectivity index (χ4v) is 1.71. The minimum atomic E-state index is -3.35. The topological polar surface area (TPSA) is 65.1 Å². The van der Waals surface area contributed by atoms with Crippen molar-refractivity contribution >= 4 is 10.0 Å². The molecule has 0 saturated heterocycles. The van der Waals surface area contributed by atoms with Gasteiger partial charge in [0.05, 0.1) is 5.75 Å². The molecule has 0 aliphatic carbocycles. The van der Waals surface area contributed by atoms with Crippen LogP contribution >= 0.6 is 0 Å². The van der Waals surface area contributed by atoms with Crippen molar-refractivity contribution in [3.63, 3.8) is 0 Å². The molecule has 0 fully saturated rings. The molecule has 1 aromatic rings. The van der Waals surface area contributed by atoms with Crippen molar-refractivity contribution in [1.29, 1.82) is 0 Å². The number of nitrogens with two attached hydrogens (primary N) is 1. The zero-order valence-corrected chi connectivity index (χ0v) is 8.63. The molecule has 1 rings (SSSR count). The van der Waals surface area contributed by atoms with Gasteiger partial charge in [0.2, 0.25) is 10.0 Å². The number of sulfonamides is 1. The van der Waals surface area contributed by atoms with Crippen LogP contribution in [0.4, 0.5) is 0 Å². The zero-order valence-electron chi connectivity index (χ0n) is 7.82. The number of nitrogens with zero attached hydrogens (tertiary/aromatic N) is 1. The van der Waals surface area contributed by atoms with Gasteiger partial charge in [-0.2, -0.15) is 0 Å². The van der Waals surface area contributed by atoms with Gasteiger partial charge in [-0.05, 0) is 26.0 Å². The summed E-state index contributed by atoms with van der Waals surface area (Å²) in [5.74, 6) is -0.0106. The summed E-state index contributed by atoms with van der Waals surface area (Å²) >= 11 is 0. The van der Waals surface area contributed by atoms with Crippen molar-refractivity contribution < 1.29 is 8.42 Å². The number of hydrogen-bond acceptors (Lipinski definition) is 2. The Balaban J connectivity index is 2.75. The van der Waals surface area contributed by atoms with E-state index in [9.17, 15) is 8.42 Å². The number of primary sulfonamides is 1. The molecule has 1 aromatic heterocycles. The third-order valence-electron chi connectivity index (χ3n) is 2.02. The maximum atomic E-state index is 10.7. The zero-order chi connectivity index (χ0) is 10.1. The number of rotatable bonds is 3. The average Bonchev–Trinajstić information content (AvgIpc) is 2.27. The molecule has 0 aliphatic heterocycles. The fraction of sp³-hybridized carbons (Fsp3) is 0.500. The molecular weight excluding hydrogens is 188 g/mol. The van der Waals surface area contributed by atoms with E-state index in [-0.39, 0.29) is 5.75 Å². The van der Waals surface area contributed by atoms with E-state index in [0.717, 1.165) is 11.4 Å². The Bertz CT molecular complexity index is 373. The predicted molar refractivity (Wildman–Crippen MR) is 51.9 cm³/mol. The average molecular weight is 202 g/mol. The Morgan fingerprint density at radius 3 is 2.15 bits per heavy atom. The van der Waals surface area contributed by atoms with E-state index >= 15 is 0 Å². The van der Waals surface area contributed by atoms with E-state index in [2.05, 4.69) is 0 Å². The summed E-state index contributed by atoms with van der Waals surface area (Å²) in [4.78, 5) is 0. The second kappa shape index (κ2) is 3.51. The molecule has 0 saturated carbocycles. The van der Waals surface area contributed by atoms with Gasteiger partial charge in [0, 0.05) is 17.9 Å². The van der Waals surface area contributed by atoms with Crippen molar-refractivity contribution in [1.82, 2.24) is 4.57 Å². The van der Waals surface area contributed by atoms with Gasteiger partial charge < -0.3 is 4.57 Å². The number of aryl methyl sites for hydroxylation is 2. The lowest BCUT2D eigenvalue weighted by Gasteiger charge is -2.07. The van der Waals surface area contributed by atoms with Gasteiger partial charge in [0.1, 0.15) is 0 Å². The maximum absolute atomic E-state index is 10.7. The molecule has 0 radical (unpaired) electrons. The highest BCUT2D eigenvalue weighted by atomic mass is 32.2. The van der Waals surface area contributed by atoms with E-state index in [1.54, 1.807) is 0 Å². The van der Waals surface area contributed by atoms with Crippen molar-refractivity contribution in [2.45, 2.75) is 20.4 Å². The fourth-order valence-electron chi connectivity index (χ4n) is 1.27. The lowest BCUT2D eigenvalue weighted by Crippen LogP contribution is -2.21. The monoisotopic (exact) mass is 202 g/mol. The largest absolute Gasteiger partial charge is 0.348 e. The molecule has 0 spiro atoms. The van der Waals surface area contributed by atoms with E-state index < -0.39 is 10.0 Å². The first-order chi connectivity index (χ1) is 5.90. The van der Waals surface area contributed by atoms with Crippen LogP contribution in [0.1, 0.15) is 11.4 Å². The normalized spacial score (nSPS) is 11.9.